The molecule has 21 heavy (non-hydrogen) atoms. The van der Waals surface area contributed by atoms with Crippen LogP contribution in [0.2, 0.25) is 0 Å². The van der Waals surface area contributed by atoms with Crippen molar-refractivity contribution in [2.45, 2.75) is 26.3 Å². The minimum atomic E-state index is -0.105. The van der Waals surface area contributed by atoms with Crippen molar-refractivity contribution in [2.75, 3.05) is 11.9 Å². The number of carbonyl (C=O) groups excluding carboxylic acids is 1. The molecule has 2 aromatic rings. The van der Waals surface area contributed by atoms with E-state index in [1.807, 2.05) is 36.4 Å². The van der Waals surface area contributed by atoms with Crippen molar-refractivity contribution in [3.05, 3.63) is 59.8 Å². The summed E-state index contributed by atoms with van der Waals surface area (Å²) >= 11 is 0. The Morgan fingerprint density at radius 3 is 2.62 bits per heavy atom. The molecule has 0 aliphatic carbocycles. The number of hydrogen-bond donors (Lipinski definition) is 2. The molecule has 1 amide bonds. The van der Waals surface area contributed by atoms with E-state index in [0.717, 1.165) is 30.8 Å². The summed E-state index contributed by atoms with van der Waals surface area (Å²) in [7, 11) is 0. The Hall–Kier alpha value is -2.36. The summed E-state index contributed by atoms with van der Waals surface area (Å²) in [5, 5.41) is 6.11. The number of nitrogens with one attached hydrogen (secondary N) is 2. The molecule has 1 aromatic heterocycles. The van der Waals surface area contributed by atoms with E-state index in [4.69, 9.17) is 0 Å². The minimum Gasteiger partial charge on any atom is -0.370 e. The fourth-order valence-corrected chi connectivity index (χ4v) is 1.91. The summed E-state index contributed by atoms with van der Waals surface area (Å²) < 4.78 is 0. The third-order valence-electron chi connectivity index (χ3n) is 3.16. The van der Waals surface area contributed by atoms with Crippen LogP contribution < -0.4 is 10.6 Å². The van der Waals surface area contributed by atoms with Gasteiger partial charge in [0.25, 0.3) is 5.91 Å². The monoisotopic (exact) mass is 283 g/mol. The van der Waals surface area contributed by atoms with Crippen molar-refractivity contribution in [1.29, 1.82) is 0 Å². The Labute approximate surface area is 125 Å². The van der Waals surface area contributed by atoms with Gasteiger partial charge in [-0.3, -0.25) is 4.79 Å². The van der Waals surface area contributed by atoms with Crippen LogP contribution in [0, 0.1) is 0 Å². The lowest BCUT2D eigenvalue weighted by Crippen LogP contribution is -2.22. The highest BCUT2D eigenvalue weighted by Gasteiger charge is 2.05. The van der Waals surface area contributed by atoms with Crippen LogP contribution in [0.5, 0.6) is 0 Å². The summed E-state index contributed by atoms with van der Waals surface area (Å²) in [5.74, 6) is 0.703. The second-order valence-corrected chi connectivity index (χ2v) is 4.88. The molecule has 2 N–H and O–H groups in total. The molecule has 0 fully saturated rings. The molecule has 4 nitrogen and oxygen atoms in total. The second-order valence-electron chi connectivity index (χ2n) is 4.88. The maximum Gasteiger partial charge on any atom is 0.253 e. The summed E-state index contributed by atoms with van der Waals surface area (Å²) in [6.07, 6.45) is 3.86. The van der Waals surface area contributed by atoms with E-state index in [9.17, 15) is 4.79 Å². The van der Waals surface area contributed by atoms with Crippen molar-refractivity contribution in [3.8, 4) is 0 Å². The van der Waals surface area contributed by atoms with Crippen LogP contribution in [-0.2, 0) is 6.54 Å². The van der Waals surface area contributed by atoms with Crippen LogP contribution in [0.4, 0.5) is 5.82 Å². The zero-order valence-electron chi connectivity index (χ0n) is 12.3. The first kappa shape index (κ1) is 15.0. The van der Waals surface area contributed by atoms with Crippen LogP contribution in [-0.4, -0.2) is 17.4 Å². The lowest BCUT2D eigenvalue weighted by atomic mass is 10.2. The fourth-order valence-electron chi connectivity index (χ4n) is 1.91. The average Bonchev–Trinajstić information content (AvgIpc) is 2.54. The molecule has 0 unspecified atom stereocenters. The smallest absolute Gasteiger partial charge is 0.253 e. The van der Waals surface area contributed by atoms with E-state index < -0.39 is 0 Å². The first-order valence-electron chi connectivity index (χ1n) is 7.31. The molecule has 2 rings (SSSR count). The molecule has 0 atom stereocenters. The molecule has 110 valence electrons. The Morgan fingerprint density at radius 2 is 1.95 bits per heavy atom. The van der Waals surface area contributed by atoms with E-state index in [-0.39, 0.29) is 5.91 Å². The van der Waals surface area contributed by atoms with Gasteiger partial charge in [-0.2, -0.15) is 0 Å². The highest BCUT2D eigenvalue weighted by atomic mass is 16.1. The topological polar surface area (TPSA) is 54.0 Å². The number of benzene rings is 1. The van der Waals surface area contributed by atoms with Gasteiger partial charge in [-0.1, -0.05) is 43.7 Å². The number of anilines is 1. The van der Waals surface area contributed by atoms with Crippen molar-refractivity contribution in [3.63, 3.8) is 0 Å². The van der Waals surface area contributed by atoms with Gasteiger partial charge >= 0.3 is 0 Å². The molecule has 0 saturated carbocycles. The summed E-state index contributed by atoms with van der Waals surface area (Å²) in [6, 6.07) is 13.5. The SMILES string of the molecule is CCCCNc1ccc(C(=O)NCc2ccccc2)cn1. The van der Waals surface area contributed by atoms with Gasteiger partial charge in [-0.15, -0.1) is 0 Å². The van der Waals surface area contributed by atoms with E-state index >= 15 is 0 Å². The van der Waals surface area contributed by atoms with E-state index in [0.29, 0.717) is 12.1 Å². The number of pyridine rings is 1. The summed E-state index contributed by atoms with van der Waals surface area (Å²) in [5.41, 5.74) is 1.66. The highest BCUT2D eigenvalue weighted by Crippen LogP contribution is 2.06. The van der Waals surface area contributed by atoms with Gasteiger partial charge in [-0.25, -0.2) is 4.98 Å². The van der Waals surface area contributed by atoms with Crippen LogP contribution in [0.25, 0.3) is 0 Å². The number of unbranched alkanes of at least 4 members (excludes halogenated alkanes) is 1. The van der Waals surface area contributed by atoms with Gasteiger partial charge in [0.05, 0.1) is 5.56 Å². The van der Waals surface area contributed by atoms with Crippen molar-refractivity contribution >= 4 is 11.7 Å². The molecular formula is C17H21N3O. The van der Waals surface area contributed by atoms with Gasteiger partial charge in [0, 0.05) is 19.3 Å². The van der Waals surface area contributed by atoms with Gasteiger partial charge in [0.2, 0.25) is 0 Å². The summed E-state index contributed by atoms with van der Waals surface area (Å²) in [4.78, 5) is 16.3. The van der Waals surface area contributed by atoms with E-state index in [1.54, 1.807) is 12.3 Å². The maximum absolute atomic E-state index is 12.0. The first-order chi connectivity index (χ1) is 10.3. The Kier molecular flexibility index (Phi) is 5.76. The molecule has 0 bridgehead atoms. The quantitative estimate of drug-likeness (QED) is 0.767. The number of hydrogen-bond acceptors (Lipinski definition) is 3. The number of carbonyl (C=O) groups is 1. The normalized spacial score (nSPS) is 10.1. The summed E-state index contributed by atoms with van der Waals surface area (Å²) in [6.45, 7) is 3.58. The van der Waals surface area contributed by atoms with Crippen molar-refractivity contribution < 1.29 is 4.79 Å². The number of nitrogens with zero attached hydrogens (tertiary/aromatic N) is 1. The van der Waals surface area contributed by atoms with Crippen LogP contribution in [0.1, 0.15) is 35.7 Å². The largest absolute Gasteiger partial charge is 0.370 e. The van der Waals surface area contributed by atoms with Crippen LogP contribution >= 0.6 is 0 Å². The zero-order valence-corrected chi connectivity index (χ0v) is 12.3. The van der Waals surface area contributed by atoms with E-state index in [1.165, 1.54) is 0 Å². The number of amides is 1. The Balaban J connectivity index is 1.85. The van der Waals surface area contributed by atoms with Crippen LogP contribution in [0.15, 0.2) is 48.7 Å². The first-order valence-corrected chi connectivity index (χ1v) is 7.31. The minimum absolute atomic E-state index is 0.105. The molecular weight excluding hydrogens is 262 g/mol. The molecule has 1 heterocycles. The fraction of sp³-hybridized carbons (Fsp3) is 0.294. The van der Waals surface area contributed by atoms with E-state index in [2.05, 4.69) is 22.5 Å². The van der Waals surface area contributed by atoms with Gasteiger partial charge in [0.15, 0.2) is 0 Å². The lowest BCUT2D eigenvalue weighted by Gasteiger charge is -2.07. The predicted molar refractivity (Wildman–Crippen MR) is 85.2 cm³/mol. The standard InChI is InChI=1S/C17H21N3O/c1-2-3-11-18-16-10-9-15(13-19-16)17(21)20-12-14-7-5-4-6-8-14/h4-10,13H,2-3,11-12H2,1H3,(H,18,19)(H,20,21). The predicted octanol–water partition coefficient (Wildman–Crippen LogP) is 3.22. The Morgan fingerprint density at radius 1 is 1.14 bits per heavy atom. The zero-order chi connectivity index (χ0) is 14.9. The molecule has 4 heteroatoms. The molecule has 1 aromatic carbocycles. The van der Waals surface area contributed by atoms with Gasteiger partial charge in [0.1, 0.15) is 5.82 Å². The molecule has 0 saturated heterocycles. The van der Waals surface area contributed by atoms with Crippen molar-refractivity contribution in [2.24, 2.45) is 0 Å². The average molecular weight is 283 g/mol. The van der Waals surface area contributed by atoms with Crippen molar-refractivity contribution in [1.82, 2.24) is 10.3 Å². The second kappa shape index (κ2) is 8.04. The molecule has 0 aliphatic rings. The Bertz CT molecular complexity index is 552. The lowest BCUT2D eigenvalue weighted by molar-refractivity contribution is 0.0950. The van der Waals surface area contributed by atoms with Gasteiger partial charge < -0.3 is 10.6 Å². The number of aromatic nitrogens is 1. The van der Waals surface area contributed by atoms with Crippen LogP contribution in [0.3, 0.4) is 0 Å². The highest BCUT2D eigenvalue weighted by molar-refractivity contribution is 5.93. The van der Waals surface area contributed by atoms with Gasteiger partial charge in [-0.05, 0) is 24.1 Å². The number of rotatable bonds is 7. The maximum atomic E-state index is 12.0. The third kappa shape index (κ3) is 4.91. The third-order valence-corrected chi connectivity index (χ3v) is 3.16. The molecule has 0 radical (unpaired) electrons. The molecule has 0 aliphatic heterocycles. The molecule has 0 spiro atoms.